The largest absolute Gasteiger partial charge is 0.479 e. The van der Waals surface area contributed by atoms with Crippen molar-refractivity contribution in [3.63, 3.8) is 0 Å². The van der Waals surface area contributed by atoms with Gasteiger partial charge in [0.15, 0.2) is 24.6 Å². The minimum Gasteiger partial charge on any atom is -0.479 e. The molecule has 12 heteroatoms. The van der Waals surface area contributed by atoms with E-state index in [-0.39, 0.29) is 25.9 Å². The van der Waals surface area contributed by atoms with Crippen molar-refractivity contribution in [3.05, 3.63) is 85.1 Å². The molecular weight excluding hydrogens is 973 g/mol. The number of carboxylic acid groups (broad SMARTS) is 1. The van der Waals surface area contributed by atoms with Crippen LogP contribution in [0.4, 0.5) is 0 Å². The summed E-state index contributed by atoms with van der Waals surface area (Å²) in [7, 11) is 0. The number of carboxylic acids is 1. The maximum Gasteiger partial charge on any atom is 0.335 e. The number of ether oxygens (including phenoxy) is 5. The Morgan fingerprint density at radius 1 is 0.442 bits per heavy atom. The molecular formula is C65H108O12. The van der Waals surface area contributed by atoms with Gasteiger partial charge in [0.2, 0.25) is 0 Å². The van der Waals surface area contributed by atoms with Crippen LogP contribution in [0.25, 0.3) is 0 Å². The second-order valence-corrected chi connectivity index (χ2v) is 20.6. The minimum atomic E-state index is -1.91. The van der Waals surface area contributed by atoms with Gasteiger partial charge in [-0.15, -0.1) is 0 Å². The summed E-state index contributed by atoms with van der Waals surface area (Å²) >= 11 is 0. The van der Waals surface area contributed by atoms with Crippen LogP contribution in [-0.2, 0) is 42.9 Å². The Balaban J connectivity index is 2.66. The zero-order valence-corrected chi connectivity index (χ0v) is 48.4. The van der Waals surface area contributed by atoms with Crippen molar-refractivity contribution in [2.24, 2.45) is 0 Å². The molecule has 0 bridgehead atoms. The maximum atomic E-state index is 13.1. The number of aliphatic carboxylic acids is 1. The standard InChI is InChI=1S/C65H108O12/c1-4-7-10-13-16-19-22-24-26-28-29-31-33-35-38-41-44-47-50-53-59(68)76-63-61(70)60(69)62(64(71)72)77-65(63)74-55-56(75-58(67)52-49-46-43-40-36-21-18-15-12-9-6-3)54-73-57(66)51-48-45-42-39-37-34-32-30-27-25-23-20-17-14-11-8-5-2/h8,11,15-20,24-27,29,31,56,60-63,65,69-70H,4-7,9-10,12-14,21-23,28,30,32-55H2,1-3H3,(H,71,72)/b11-8-,18-15-,19-16-,20-17-,26-24-,27-25-,31-29-. The average molecular weight is 1080 g/mol. The molecule has 1 saturated heterocycles. The summed E-state index contributed by atoms with van der Waals surface area (Å²) in [5, 5.41) is 31.5. The van der Waals surface area contributed by atoms with E-state index in [0.29, 0.717) is 19.3 Å². The zero-order chi connectivity index (χ0) is 56.1. The summed E-state index contributed by atoms with van der Waals surface area (Å²) in [6, 6.07) is 0. The van der Waals surface area contributed by atoms with Crippen molar-refractivity contribution < 1.29 is 58.2 Å². The predicted molar refractivity (Wildman–Crippen MR) is 312 cm³/mol. The molecule has 1 fully saturated rings. The highest BCUT2D eigenvalue weighted by Crippen LogP contribution is 2.26. The summed E-state index contributed by atoms with van der Waals surface area (Å²) in [5.74, 6) is -3.16. The van der Waals surface area contributed by atoms with Crippen LogP contribution in [0.15, 0.2) is 85.1 Å². The summed E-state index contributed by atoms with van der Waals surface area (Å²) in [5.41, 5.74) is 0. The second kappa shape index (κ2) is 52.6. The first-order valence-corrected chi connectivity index (χ1v) is 30.6. The summed E-state index contributed by atoms with van der Waals surface area (Å²) < 4.78 is 28.4. The van der Waals surface area contributed by atoms with Crippen LogP contribution in [0, 0.1) is 0 Å². The highest BCUT2D eigenvalue weighted by Gasteiger charge is 2.50. The van der Waals surface area contributed by atoms with Crippen molar-refractivity contribution in [1.82, 2.24) is 0 Å². The molecule has 1 aliphatic rings. The van der Waals surface area contributed by atoms with E-state index in [2.05, 4.69) is 106 Å². The van der Waals surface area contributed by atoms with E-state index in [4.69, 9.17) is 23.7 Å². The molecule has 12 nitrogen and oxygen atoms in total. The Morgan fingerprint density at radius 3 is 1.30 bits per heavy atom. The van der Waals surface area contributed by atoms with Crippen LogP contribution >= 0.6 is 0 Å². The van der Waals surface area contributed by atoms with Crippen LogP contribution in [0.2, 0.25) is 0 Å². The molecule has 77 heavy (non-hydrogen) atoms. The first-order chi connectivity index (χ1) is 37.6. The summed E-state index contributed by atoms with van der Waals surface area (Å²) in [6.07, 6.45) is 55.5. The molecule has 0 aromatic heterocycles. The van der Waals surface area contributed by atoms with Gasteiger partial charge in [-0.25, -0.2) is 4.79 Å². The van der Waals surface area contributed by atoms with E-state index < -0.39 is 67.3 Å². The molecule has 0 amide bonds. The van der Waals surface area contributed by atoms with Crippen LogP contribution in [-0.4, -0.2) is 89.2 Å². The van der Waals surface area contributed by atoms with Crippen molar-refractivity contribution in [2.45, 2.75) is 289 Å². The number of rotatable bonds is 51. The Labute approximate surface area is 467 Å². The molecule has 0 aromatic rings. The number of unbranched alkanes of at least 4 members (excludes halogenated alkanes) is 23. The SMILES string of the molecule is CC/C=C\C/C=C\C/C=C\CCCCCCCCCC(=O)OCC(COC1OC(C(=O)O)C(O)C(O)C1OC(=O)CCCCCCCC/C=C\C/C=C\C/C=C\CCCCC)OC(=O)CCCCCCC/C=C\CCCC. The molecule has 0 saturated carbocycles. The van der Waals surface area contributed by atoms with Crippen molar-refractivity contribution in [1.29, 1.82) is 0 Å². The zero-order valence-electron chi connectivity index (χ0n) is 48.4. The fourth-order valence-corrected chi connectivity index (χ4v) is 8.72. The summed E-state index contributed by atoms with van der Waals surface area (Å²) in [6.45, 7) is 5.80. The third-order valence-corrected chi connectivity index (χ3v) is 13.4. The number of carbonyl (C=O) groups excluding carboxylic acids is 3. The molecule has 1 heterocycles. The van der Waals surface area contributed by atoms with Gasteiger partial charge in [0.25, 0.3) is 0 Å². The van der Waals surface area contributed by atoms with Gasteiger partial charge in [0.1, 0.15) is 18.8 Å². The van der Waals surface area contributed by atoms with Gasteiger partial charge >= 0.3 is 23.9 Å². The van der Waals surface area contributed by atoms with Gasteiger partial charge in [0.05, 0.1) is 6.61 Å². The van der Waals surface area contributed by atoms with Crippen molar-refractivity contribution in [3.8, 4) is 0 Å². The van der Waals surface area contributed by atoms with Crippen molar-refractivity contribution in [2.75, 3.05) is 13.2 Å². The Bertz CT molecular complexity index is 1660. The monoisotopic (exact) mass is 1080 g/mol. The molecule has 6 unspecified atom stereocenters. The molecule has 0 radical (unpaired) electrons. The highest BCUT2D eigenvalue weighted by atomic mass is 16.7. The maximum absolute atomic E-state index is 13.1. The molecule has 1 rings (SSSR count). The fourth-order valence-electron chi connectivity index (χ4n) is 8.72. The van der Waals surface area contributed by atoms with Crippen molar-refractivity contribution >= 4 is 23.9 Å². The van der Waals surface area contributed by atoms with E-state index in [1.807, 2.05) is 0 Å². The lowest BCUT2D eigenvalue weighted by Crippen LogP contribution is -2.61. The summed E-state index contributed by atoms with van der Waals surface area (Å²) in [4.78, 5) is 51.1. The van der Waals surface area contributed by atoms with E-state index in [1.165, 1.54) is 44.9 Å². The third-order valence-electron chi connectivity index (χ3n) is 13.4. The Morgan fingerprint density at radius 2 is 0.831 bits per heavy atom. The van der Waals surface area contributed by atoms with Gasteiger partial charge in [-0.05, 0) is 109 Å². The van der Waals surface area contributed by atoms with Crippen LogP contribution in [0.1, 0.15) is 252 Å². The normalized spacial score (nSPS) is 18.6. The molecule has 3 N–H and O–H groups in total. The number of allylic oxidation sites excluding steroid dienone is 14. The molecule has 0 aromatic carbocycles. The predicted octanol–water partition coefficient (Wildman–Crippen LogP) is 15.9. The van der Waals surface area contributed by atoms with Crippen LogP contribution in [0.3, 0.4) is 0 Å². The molecule has 440 valence electrons. The molecule has 0 aliphatic carbocycles. The Kier molecular flexibility index (Phi) is 48.4. The molecule has 0 spiro atoms. The van der Waals surface area contributed by atoms with Gasteiger partial charge < -0.3 is 39.0 Å². The van der Waals surface area contributed by atoms with E-state index in [0.717, 1.165) is 148 Å². The number of hydrogen-bond acceptors (Lipinski definition) is 11. The van der Waals surface area contributed by atoms with E-state index in [1.54, 1.807) is 0 Å². The fraction of sp³-hybridized carbons (Fsp3) is 0.723. The minimum absolute atomic E-state index is 0.0415. The quantitative estimate of drug-likeness (QED) is 0.0228. The topological polar surface area (TPSA) is 175 Å². The average Bonchev–Trinajstić information content (AvgIpc) is 3.41. The van der Waals surface area contributed by atoms with Gasteiger partial charge in [-0.1, -0.05) is 209 Å². The van der Waals surface area contributed by atoms with E-state index in [9.17, 15) is 34.5 Å². The van der Waals surface area contributed by atoms with Crippen LogP contribution in [0.5, 0.6) is 0 Å². The van der Waals surface area contributed by atoms with Gasteiger partial charge in [0, 0.05) is 19.3 Å². The first kappa shape index (κ1) is 70.9. The second-order valence-electron chi connectivity index (χ2n) is 20.6. The number of carbonyl (C=O) groups is 4. The first-order valence-electron chi connectivity index (χ1n) is 30.6. The van der Waals surface area contributed by atoms with E-state index >= 15 is 0 Å². The Hall–Kier alpha value is -4.10. The number of aliphatic hydroxyl groups excluding tert-OH is 2. The van der Waals surface area contributed by atoms with Gasteiger partial charge in [-0.2, -0.15) is 0 Å². The van der Waals surface area contributed by atoms with Crippen LogP contribution < -0.4 is 0 Å². The molecule has 1 aliphatic heterocycles. The van der Waals surface area contributed by atoms with Gasteiger partial charge in [-0.3, -0.25) is 14.4 Å². The third kappa shape index (κ3) is 42.5. The lowest BCUT2D eigenvalue weighted by molar-refractivity contribution is -0.301. The number of hydrogen-bond donors (Lipinski definition) is 3. The highest BCUT2D eigenvalue weighted by molar-refractivity contribution is 5.74. The lowest BCUT2D eigenvalue weighted by atomic mass is 9.98. The molecule has 6 atom stereocenters. The smallest absolute Gasteiger partial charge is 0.335 e. The lowest BCUT2D eigenvalue weighted by Gasteiger charge is -2.40. The number of esters is 3. The number of aliphatic hydroxyl groups is 2.